The van der Waals surface area contributed by atoms with E-state index in [2.05, 4.69) is 33.9 Å². The molecule has 0 N–H and O–H groups in total. The minimum Gasteiger partial charge on any atom is -0.451 e. The van der Waals surface area contributed by atoms with Crippen LogP contribution in [0.2, 0.25) is 0 Å². The molecule has 2 saturated carbocycles. The highest BCUT2D eigenvalue weighted by molar-refractivity contribution is 5.94. The van der Waals surface area contributed by atoms with Gasteiger partial charge in [0, 0.05) is 65.3 Å². The van der Waals surface area contributed by atoms with E-state index in [4.69, 9.17) is 18.9 Å². The van der Waals surface area contributed by atoms with Crippen molar-refractivity contribution in [2.75, 3.05) is 28.2 Å². The zero-order valence-electron chi connectivity index (χ0n) is 55.0. The third kappa shape index (κ3) is 19.9. The first-order valence-corrected chi connectivity index (χ1v) is 31.8. The van der Waals surface area contributed by atoms with Gasteiger partial charge in [0.15, 0.2) is 24.4 Å². The Labute approximate surface area is 531 Å². The molecule has 0 radical (unpaired) electrons. The number of cyclic esters (lactones) is 4. The summed E-state index contributed by atoms with van der Waals surface area (Å²) in [6, 6.07) is 9.57. The molecule has 484 valence electrons. The normalized spacial score (nSPS) is 23.3. The largest absolute Gasteiger partial charge is 0.451 e. The molecule has 1 aliphatic heterocycles. The Balaban J connectivity index is 1.21. The van der Waals surface area contributed by atoms with Gasteiger partial charge in [0.05, 0.1) is 36.6 Å². The number of rotatable bonds is 16. The predicted octanol–water partition coefficient (Wildman–Crippen LogP) is 7.68. The molecule has 0 bridgehead atoms. The van der Waals surface area contributed by atoms with Crippen molar-refractivity contribution in [3.63, 3.8) is 0 Å². The number of likely N-dealkylation sites (N-methyl/N-ethyl adjacent to an activating group) is 4. The van der Waals surface area contributed by atoms with Crippen molar-refractivity contribution in [3.05, 3.63) is 107 Å². The summed E-state index contributed by atoms with van der Waals surface area (Å²) in [7, 11) is 5.59. The molecule has 2 aliphatic carbocycles. The molecule has 20 heteroatoms. The second kappa shape index (κ2) is 31.5. The van der Waals surface area contributed by atoms with Gasteiger partial charge in [-0.25, -0.2) is 19.2 Å². The van der Waals surface area contributed by atoms with E-state index in [0.717, 1.165) is 57.7 Å². The summed E-state index contributed by atoms with van der Waals surface area (Å²) < 4.78 is 28.0. The quantitative estimate of drug-likeness (QED) is 0.0597. The summed E-state index contributed by atoms with van der Waals surface area (Å²) in [5.41, 5.74) is 4.65. The number of carbonyl (C=O) groups is 8. The Kier molecular flexibility index (Phi) is 24.2. The Morgan fingerprint density at radius 2 is 0.700 bits per heavy atom. The molecule has 3 heterocycles. The average Bonchev–Trinajstić information content (AvgIpc) is 1.87. The number of nitrogens with zero attached hydrogens (tertiary/aromatic N) is 8. The van der Waals surface area contributed by atoms with Crippen LogP contribution in [0.3, 0.4) is 0 Å². The van der Waals surface area contributed by atoms with Crippen molar-refractivity contribution in [1.82, 2.24) is 39.2 Å². The molecule has 1 saturated heterocycles. The van der Waals surface area contributed by atoms with Gasteiger partial charge in [0.1, 0.15) is 24.2 Å². The monoisotopic (exact) mass is 1240 g/mol. The minimum atomic E-state index is -1.55. The van der Waals surface area contributed by atoms with Gasteiger partial charge < -0.3 is 38.5 Å². The van der Waals surface area contributed by atoms with Crippen molar-refractivity contribution in [1.29, 1.82) is 0 Å². The van der Waals surface area contributed by atoms with E-state index in [9.17, 15) is 28.8 Å². The van der Waals surface area contributed by atoms with Crippen LogP contribution < -0.4 is 0 Å². The van der Waals surface area contributed by atoms with Crippen molar-refractivity contribution >= 4 is 47.5 Å². The smallest absolute Gasteiger partial charge is 0.329 e. The number of esters is 4. The van der Waals surface area contributed by atoms with Gasteiger partial charge in [-0.15, -0.1) is 0 Å². The summed E-state index contributed by atoms with van der Waals surface area (Å²) in [5, 5.41) is 8.96. The van der Waals surface area contributed by atoms with Crippen LogP contribution in [0.15, 0.2) is 73.3 Å². The molecular weight excluding hydrogens is 1140 g/mol. The number of hydrogen-bond acceptors (Lipinski definition) is 14. The van der Waals surface area contributed by atoms with Crippen LogP contribution in [0.1, 0.15) is 154 Å². The highest BCUT2D eigenvalue weighted by Gasteiger charge is 2.43. The zero-order valence-corrected chi connectivity index (χ0v) is 55.0. The van der Waals surface area contributed by atoms with Crippen LogP contribution in [0.4, 0.5) is 0 Å². The van der Waals surface area contributed by atoms with Gasteiger partial charge in [0.25, 0.3) is 23.6 Å². The molecular formula is C70H92N8O12. The summed E-state index contributed by atoms with van der Waals surface area (Å²) in [6.07, 6.45) is 5.61. The Hall–Kier alpha value is -8.26. The van der Waals surface area contributed by atoms with Gasteiger partial charge in [-0.2, -0.15) is 10.2 Å². The average molecular weight is 1240 g/mol. The van der Waals surface area contributed by atoms with Crippen LogP contribution >= 0.6 is 0 Å². The fourth-order valence-corrected chi connectivity index (χ4v) is 10.7. The van der Waals surface area contributed by atoms with Crippen LogP contribution in [-0.2, 0) is 83.2 Å². The molecule has 3 fully saturated rings. The number of ether oxygens (including phenoxy) is 4. The highest BCUT2D eigenvalue weighted by atomic mass is 16.6. The maximum atomic E-state index is 15.1. The first kappa shape index (κ1) is 69.2. The van der Waals surface area contributed by atoms with E-state index in [1.165, 1.54) is 51.8 Å². The van der Waals surface area contributed by atoms with E-state index in [1.807, 2.05) is 116 Å². The molecule has 90 heavy (non-hydrogen) atoms. The molecule has 0 spiro atoms. The summed E-state index contributed by atoms with van der Waals surface area (Å²) >= 11 is 0. The van der Waals surface area contributed by atoms with E-state index >= 15 is 9.59 Å². The van der Waals surface area contributed by atoms with Gasteiger partial charge in [-0.3, -0.25) is 28.5 Å². The Morgan fingerprint density at radius 1 is 0.422 bits per heavy atom. The first-order chi connectivity index (χ1) is 42.6. The molecule has 7 rings (SSSR count). The SMILES string of the molecule is CC(C)C[C@H]1C(=O)O[C@H](Cc2ccc(Cn3cc(C#CC4CC4)cn3)cc2)C(=O)N(C)[C@@H](CC(C)C)C(=O)O[C@H](C)C(=O)N(C)[C@@H](CC(C)C)C(=O)O[C@H](Cc2ccc(Cn3cc(C#CC4CC4)cn3)cc2)C(=O)N(C)[C@@H](CC(C)C)C(=O)O[C@H](C)C(=O)N1C. The second-order valence-corrected chi connectivity index (χ2v) is 26.4. The van der Waals surface area contributed by atoms with Crippen LogP contribution in [0.5, 0.6) is 0 Å². The maximum absolute atomic E-state index is 15.1. The second-order valence-electron chi connectivity index (χ2n) is 26.4. The molecule has 0 unspecified atom stereocenters. The molecule has 2 aromatic heterocycles. The van der Waals surface area contributed by atoms with Crippen LogP contribution in [0, 0.1) is 59.2 Å². The number of amides is 4. The van der Waals surface area contributed by atoms with E-state index < -0.39 is 96.1 Å². The Morgan fingerprint density at radius 3 is 0.989 bits per heavy atom. The summed E-state index contributed by atoms with van der Waals surface area (Å²) in [5.74, 6) is 6.27. The first-order valence-electron chi connectivity index (χ1n) is 31.8. The maximum Gasteiger partial charge on any atom is 0.329 e. The molecule has 2 aromatic carbocycles. The van der Waals surface area contributed by atoms with Crippen molar-refractivity contribution < 1.29 is 57.3 Å². The van der Waals surface area contributed by atoms with Gasteiger partial charge in [-0.05, 0) is 111 Å². The van der Waals surface area contributed by atoms with Gasteiger partial charge >= 0.3 is 23.9 Å². The lowest BCUT2D eigenvalue weighted by Gasteiger charge is -2.35. The number of benzene rings is 2. The zero-order chi connectivity index (χ0) is 65.7. The summed E-state index contributed by atoms with van der Waals surface area (Å²) in [6.45, 7) is 18.5. The van der Waals surface area contributed by atoms with E-state index in [0.29, 0.717) is 36.1 Å². The number of carbonyl (C=O) groups excluding carboxylic acids is 8. The fourth-order valence-electron chi connectivity index (χ4n) is 10.7. The lowest BCUT2D eigenvalue weighted by Crippen LogP contribution is -2.55. The fraction of sp³-hybridized carbons (Fsp3) is 0.571. The highest BCUT2D eigenvalue weighted by Crippen LogP contribution is 2.29. The molecule has 4 aromatic rings. The van der Waals surface area contributed by atoms with Crippen LogP contribution in [0.25, 0.3) is 0 Å². The predicted molar refractivity (Wildman–Crippen MR) is 337 cm³/mol. The summed E-state index contributed by atoms with van der Waals surface area (Å²) in [4.78, 5) is 123. The minimum absolute atomic E-state index is 0.0758. The number of aromatic nitrogens is 4. The van der Waals surface area contributed by atoms with Crippen molar-refractivity contribution in [3.8, 4) is 23.7 Å². The molecule has 8 atom stereocenters. The molecule has 20 nitrogen and oxygen atoms in total. The van der Waals surface area contributed by atoms with Crippen molar-refractivity contribution in [2.24, 2.45) is 35.5 Å². The van der Waals surface area contributed by atoms with Crippen molar-refractivity contribution in [2.45, 2.75) is 195 Å². The molecule has 3 aliphatic rings. The lowest BCUT2D eigenvalue weighted by atomic mass is 9.99. The molecule has 4 amide bonds. The lowest BCUT2D eigenvalue weighted by molar-refractivity contribution is -0.176. The number of hydrogen-bond donors (Lipinski definition) is 0. The van der Waals surface area contributed by atoms with Gasteiger partial charge in [-0.1, -0.05) is 128 Å². The third-order valence-electron chi connectivity index (χ3n) is 16.3. The third-order valence-corrected chi connectivity index (χ3v) is 16.3. The van der Waals surface area contributed by atoms with E-state index in [-0.39, 0.29) is 62.2 Å². The van der Waals surface area contributed by atoms with Gasteiger partial charge in [0.2, 0.25) is 0 Å². The standard InChI is InChI=1S/C70H92N8O12/c1-43(2)31-57-67(83)87-47(9)63(79)73(11)60(34-46(7)8)70(86)90-62(36-52-23-27-54(28-24-52)40-78-42-56(38-72-78)30-20-50-17-18-50)66(82)76(14)58(32-44(3)4)68(84)88-48(10)64(80)74(12)59(33-45(5)6)69(85)89-61(65(81)75(57)13)35-51-21-25-53(26-22-51)39-77-41-55(37-71-77)29-19-49-15-16-49/h21-28,37-38,41-50,57-62H,15-18,31-36,39-40H2,1-14H3/t47-,48-,57+,58+,59+,60+,61-,62-/m1/s1. The topological polar surface area (TPSA) is 222 Å². The van der Waals surface area contributed by atoms with E-state index in [1.54, 1.807) is 21.8 Å². The Bertz CT molecular complexity index is 3070. The van der Waals surface area contributed by atoms with Crippen LogP contribution in [-0.4, -0.2) is 163 Å².